The average Bonchev–Trinajstić information content (AvgIpc) is 2.69. The average molecular weight is 243 g/mol. The third kappa shape index (κ3) is 5.04. The smallest absolute Gasteiger partial charge is 0.222 e. The molecule has 100 valence electrons. The maximum absolute atomic E-state index is 12.0. The Kier molecular flexibility index (Phi) is 5.26. The molecule has 2 atom stereocenters. The van der Waals surface area contributed by atoms with E-state index in [0.29, 0.717) is 19.4 Å². The van der Waals surface area contributed by atoms with Gasteiger partial charge in [-0.05, 0) is 46.8 Å². The fourth-order valence-electron chi connectivity index (χ4n) is 2.22. The third-order valence-electron chi connectivity index (χ3n) is 3.21. The molecule has 0 radical (unpaired) electrons. The van der Waals surface area contributed by atoms with E-state index in [0.717, 1.165) is 25.8 Å². The lowest BCUT2D eigenvalue weighted by atomic mass is 10.1. The van der Waals surface area contributed by atoms with Crippen LogP contribution in [0.3, 0.4) is 0 Å². The first-order chi connectivity index (χ1) is 8.54. The predicted molar refractivity (Wildman–Crippen MR) is 68.8 cm³/mol. The van der Waals surface area contributed by atoms with Crippen LogP contribution in [0.2, 0.25) is 0 Å². The first-order valence-corrected chi connectivity index (χ1v) is 6.46. The van der Waals surface area contributed by atoms with E-state index in [1.165, 1.54) is 0 Å². The molecule has 4 heteroatoms. The summed E-state index contributed by atoms with van der Waals surface area (Å²) in [4.78, 5) is 15.8. The molecule has 1 N–H and O–H groups in total. The number of rotatable bonds is 6. The van der Waals surface area contributed by atoms with Crippen molar-refractivity contribution in [2.75, 3.05) is 27.2 Å². The van der Waals surface area contributed by atoms with Crippen LogP contribution in [0.25, 0.3) is 0 Å². The van der Waals surface area contributed by atoms with E-state index in [4.69, 9.17) is 1.37 Å². The second kappa shape index (κ2) is 6.97. The van der Waals surface area contributed by atoms with E-state index in [9.17, 15) is 9.90 Å². The van der Waals surface area contributed by atoms with Gasteiger partial charge < -0.3 is 14.9 Å². The summed E-state index contributed by atoms with van der Waals surface area (Å²) in [7, 11) is 4.10. The van der Waals surface area contributed by atoms with Crippen LogP contribution in [0.4, 0.5) is 0 Å². The van der Waals surface area contributed by atoms with E-state index in [1.54, 1.807) is 4.90 Å². The van der Waals surface area contributed by atoms with Gasteiger partial charge in [0.05, 0.1) is 6.10 Å². The Morgan fingerprint density at radius 3 is 2.88 bits per heavy atom. The van der Waals surface area contributed by atoms with Gasteiger partial charge in [-0.3, -0.25) is 4.79 Å². The predicted octanol–water partition coefficient (Wildman–Crippen LogP) is 1.09. The Bertz CT molecular complexity index is 261. The normalized spacial score (nSPS) is 25.4. The van der Waals surface area contributed by atoms with Crippen molar-refractivity contribution in [3.63, 3.8) is 0 Å². The molecule has 0 aromatic rings. The second-order valence-electron chi connectivity index (χ2n) is 5.20. The van der Waals surface area contributed by atoms with Crippen molar-refractivity contribution in [1.82, 2.24) is 9.80 Å². The van der Waals surface area contributed by atoms with Gasteiger partial charge >= 0.3 is 0 Å². The first-order valence-electron chi connectivity index (χ1n) is 7.16. The van der Waals surface area contributed by atoms with Crippen molar-refractivity contribution in [1.29, 1.82) is 0 Å². The molecule has 1 saturated heterocycles. The SMILES string of the molecule is [2H]C[C@@H]1C[C@@H](O)CN1C(=O)CCCCCN(C)C. The number of β-amino-alcohol motifs (C(OH)–C–C–N with tert-alkyl or cyclic N) is 1. The number of likely N-dealkylation sites (tertiary alicyclic amines) is 1. The zero-order valence-corrected chi connectivity index (χ0v) is 11.1. The molecule has 0 bridgehead atoms. The second-order valence-corrected chi connectivity index (χ2v) is 5.20. The number of amides is 1. The summed E-state index contributed by atoms with van der Waals surface area (Å²) in [6.45, 7) is 1.68. The summed E-state index contributed by atoms with van der Waals surface area (Å²) in [5.41, 5.74) is 0. The molecule has 0 aliphatic carbocycles. The molecule has 17 heavy (non-hydrogen) atoms. The zero-order chi connectivity index (χ0) is 13.5. The molecule has 1 aliphatic heterocycles. The van der Waals surface area contributed by atoms with Crippen LogP contribution in [-0.4, -0.2) is 60.1 Å². The minimum Gasteiger partial charge on any atom is -0.391 e. The maximum Gasteiger partial charge on any atom is 0.222 e. The molecule has 1 amide bonds. The first kappa shape index (κ1) is 12.8. The van der Waals surface area contributed by atoms with E-state index in [1.807, 2.05) is 0 Å². The number of aliphatic hydroxyl groups is 1. The Morgan fingerprint density at radius 2 is 2.24 bits per heavy atom. The van der Waals surface area contributed by atoms with E-state index >= 15 is 0 Å². The summed E-state index contributed by atoms with van der Waals surface area (Å²) in [5.74, 6) is 0.105. The summed E-state index contributed by atoms with van der Waals surface area (Å²) in [6.07, 6.45) is 3.77. The number of aliphatic hydroxyl groups excluding tert-OH is 1. The number of nitrogens with zero attached hydrogens (tertiary/aromatic N) is 2. The van der Waals surface area contributed by atoms with Gasteiger partial charge in [-0.1, -0.05) is 6.42 Å². The Morgan fingerprint density at radius 1 is 1.47 bits per heavy atom. The summed E-state index contributed by atoms with van der Waals surface area (Å²) >= 11 is 0. The van der Waals surface area contributed by atoms with Gasteiger partial charge in [-0.15, -0.1) is 0 Å². The van der Waals surface area contributed by atoms with Crippen LogP contribution in [0.15, 0.2) is 0 Å². The summed E-state index contributed by atoms with van der Waals surface area (Å²) < 4.78 is 7.39. The highest BCUT2D eigenvalue weighted by atomic mass is 16.3. The van der Waals surface area contributed by atoms with Crippen LogP contribution in [0.1, 0.15) is 40.4 Å². The van der Waals surface area contributed by atoms with Gasteiger partial charge in [0.15, 0.2) is 0 Å². The molecule has 0 saturated carbocycles. The highest BCUT2D eigenvalue weighted by molar-refractivity contribution is 5.76. The molecule has 1 fully saturated rings. The molecule has 1 heterocycles. The fourth-order valence-corrected chi connectivity index (χ4v) is 2.22. The van der Waals surface area contributed by atoms with Gasteiger partial charge in [-0.2, -0.15) is 0 Å². The standard InChI is InChI=1S/C13H26N2O2/c1-11-9-12(16)10-15(11)13(17)7-5-4-6-8-14(2)3/h11-12,16H,4-10H2,1-3H3/t11-,12-/m1/s1/i1D. The fraction of sp³-hybridized carbons (Fsp3) is 0.923. The maximum atomic E-state index is 12.0. The van der Waals surface area contributed by atoms with Crippen LogP contribution in [0.5, 0.6) is 0 Å². The van der Waals surface area contributed by atoms with E-state index in [2.05, 4.69) is 19.0 Å². The lowest BCUT2D eigenvalue weighted by Crippen LogP contribution is -2.34. The third-order valence-corrected chi connectivity index (χ3v) is 3.21. The topological polar surface area (TPSA) is 43.8 Å². The summed E-state index contributed by atoms with van der Waals surface area (Å²) in [5, 5.41) is 9.54. The van der Waals surface area contributed by atoms with Crippen molar-refractivity contribution >= 4 is 5.91 Å². The van der Waals surface area contributed by atoms with E-state index in [-0.39, 0.29) is 18.8 Å². The number of carbonyl (C=O) groups excluding carboxylic acids is 1. The number of carbonyl (C=O) groups is 1. The zero-order valence-electron chi connectivity index (χ0n) is 12.1. The van der Waals surface area contributed by atoms with Gasteiger partial charge in [0, 0.05) is 20.4 Å². The van der Waals surface area contributed by atoms with Gasteiger partial charge in [0.2, 0.25) is 5.91 Å². The minimum absolute atomic E-state index is 0.0747. The van der Waals surface area contributed by atoms with Crippen LogP contribution < -0.4 is 0 Å². The number of unbranched alkanes of at least 4 members (excludes halogenated alkanes) is 2. The highest BCUT2D eigenvalue weighted by Crippen LogP contribution is 2.18. The van der Waals surface area contributed by atoms with Gasteiger partial charge in [-0.25, -0.2) is 0 Å². The quantitative estimate of drug-likeness (QED) is 0.710. The van der Waals surface area contributed by atoms with Crippen LogP contribution >= 0.6 is 0 Å². The Balaban J connectivity index is 2.20. The van der Waals surface area contributed by atoms with Crippen LogP contribution in [-0.2, 0) is 4.79 Å². The van der Waals surface area contributed by atoms with Crippen molar-refractivity contribution in [3.8, 4) is 0 Å². The molecular weight excluding hydrogens is 216 g/mol. The Labute approximate surface area is 106 Å². The molecule has 0 aromatic heterocycles. The highest BCUT2D eigenvalue weighted by Gasteiger charge is 2.30. The van der Waals surface area contributed by atoms with Crippen molar-refractivity contribution < 1.29 is 11.3 Å². The van der Waals surface area contributed by atoms with Gasteiger partial charge in [0.25, 0.3) is 0 Å². The molecule has 1 rings (SSSR count). The van der Waals surface area contributed by atoms with Gasteiger partial charge in [0.1, 0.15) is 0 Å². The molecule has 0 unspecified atom stereocenters. The number of hydrogen-bond donors (Lipinski definition) is 1. The van der Waals surface area contributed by atoms with Crippen molar-refractivity contribution in [2.24, 2.45) is 0 Å². The van der Waals surface area contributed by atoms with Crippen molar-refractivity contribution in [3.05, 3.63) is 0 Å². The monoisotopic (exact) mass is 243 g/mol. The Hall–Kier alpha value is -0.610. The largest absolute Gasteiger partial charge is 0.391 e. The molecule has 1 aliphatic rings. The molecule has 0 spiro atoms. The lowest BCUT2D eigenvalue weighted by Gasteiger charge is -2.21. The molecule has 4 nitrogen and oxygen atoms in total. The molecular formula is C13H26N2O2. The summed E-state index contributed by atoms with van der Waals surface area (Å²) in [6, 6.07) is -0.0747. The molecule has 0 aromatic carbocycles. The lowest BCUT2D eigenvalue weighted by molar-refractivity contribution is -0.132. The van der Waals surface area contributed by atoms with Crippen molar-refractivity contribution in [2.45, 2.75) is 51.1 Å². The van der Waals surface area contributed by atoms with E-state index < -0.39 is 6.10 Å². The minimum atomic E-state index is -0.432. The van der Waals surface area contributed by atoms with Crippen LogP contribution in [0, 0.1) is 0 Å². The number of hydrogen-bond acceptors (Lipinski definition) is 3.